The van der Waals surface area contributed by atoms with Crippen LogP contribution >= 0.6 is 0 Å². The van der Waals surface area contributed by atoms with Crippen molar-refractivity contribution < 1.29 is 9.21 Å². The molecule has 0 radical (unpaired) electrons. The van der Waals surface area contributed by atoms with Crippen LogP contribution in [0.15, 0.2) is 40.2 Å². The fourth-order valence-electron chi connectivity index (χ4n) is 1.45. The molecular weight excluding hydrogens is 218 g/mol. The minimum atomic E-state index is -0.276. The zero-order chi connectivity index (χ0) is 12.3. The molecule has 0 saturated heterocycles. The van der Waals surface area contributed by atoms with Crippen molar-refractivity contribution in [2.24, 2.45) is 12.1 Å². The van der Waals surface area contributed by atoms with Crippen LogP contribution in [-0.2, 0) is 7.05 Å². The van der Waals surface area contributed by atoms with Gasteiger partial charge in [0.1, 0.15) is 5.76 Å². The molecule has 2 rings (SSSR count). The summed E-state index contributed by atoms with van der Waals surface area (Å²) in [4.78, 5) is 11.6. The summed E-state index contributed by atoms with van der Waals surface area (Å²) in [5, 5.41) is 3.88. The third kappa shape index (κ3) is 2.44. The highest BCUT2D eigenvalue weighted by atomic mass is 16.3. The largest absolute Gasteiger partial charge is 0.469 e. The molecule has 17 heavy (non-hydrogen) atoms. The summed E-state index contributed by atoms with van der Waals surface area (Å²) in [5.41, 5.74) is 3.85. The summed E-state index contributed by atoms with van der Waals surface area (Å²) in [7, 11) is 1.91. The molecule has 5 nitrogen and oxygen atoms in total. The minimum absolute atomic E-state index is 0.276. The van der Waals surface area contributed by atoms with Crippen LogP contribution in [0.1, 0.15) is 21.8 Å². The van der Waals surface area contributed by atoms with Gasteiger partial charge in [-0.1, -0.05) is 0 Å². The third-order valence-corrected chi connectivity index (χ3v) is 2.45. The lowest BCUT2D eigenvalue weighted by atomic mass is 10.2. The normalized spacial score (nSPS) is 10.9. The fourth-order valence-corrected chi connectivity index (χ4v) is 1.45. The number of nitrogens with zero attached hydrogens (tertiary/aromatic N) is 2. The summed E-state index contributed by atoms with van der Waals surface area (Å²) in [5.74, 6) is 0.304. The van der Waals surface area contributed by atoms with Gasteiger partial charge in [-0.3, -0.25) is 4.79 Å². The molecule has 0 atom stereocenters. The van der Waals surface area contributed by atoms with E-state index in [9.17, 15) is 4.79 Å². The topological polar surface area (TPSA) is 59.5 Å². The Balaban J connectivity index is 2.00. The Morgan fingerprint density at radius 2 is 2.35 bits per heavy atom. The maximum Gasteiger partial charge on any atom is 0.274 e. The van der Waals surface area contributed by atoms with Crippen molar-refractivity contribution in [1.29, 1.82) is 0 Å². The predicted octanol–water partition coefficient (Wildman–Crippen LogP) is 1.69. The van der Waals surface area contributed by atoms with E-state index >= 15 is 0 Å². The van der Waals surface area contributed by atoms with Crippen LogP contribution in [0.3, 0.4) is 0 Å². The molecule has 0 aromatic carbocycles. The number of hydrogen-bond donors (Lipinski definition) is 1. The predicted molar refractivity (Wildman–Crippen MR) is 63.9 cm³/mol. The molecule has 0 spiro atoms. The number of carbonyl (C=O) groups excluding carboxylic acids is 1. The molecule has 0 saturated carbocycles. The fraction of sp³-hybridized carbons (Fsp3) is 0.167. The lowest BCUT2D eigenvalue weighted by molar-refractivity contribution is 0.0953. The second-order valence-corrected chi connectivity index (χ2v) is 3.63. The first-order valence-electron chi connectivity index (χ1n) is 5.17. The van der Waals surface area contributed by atoms with Gasteiger partial charge in [-0.25, -0.2) is 5.43 Å². The number of nitrogens with one attached hydrogen (secondary N) is 1. The Morgan fingerprint density at radius 3 is 2.94 bits per heavy atom. The van der Waals surface area contributed by atoms with E-state index in [1.807, 2.05) is 29.9 Å². The smallest absolute Gasteiger partial charge is 0.274 e. The maximum absolute atomic E-state index is 11.6. The Labute approximate surface area is 98.7 Å². The average molecular weight is 231 g/mol. The highest BCUT2D eigenvalue weighted by molar-refractivity contribution is 5.95. The molecule has 2 heterocycles. The summed E-state index contributed by atoms with van der Waals surface area (Å²) < 4.78 is 6.94. The number of aryl methyl sites for hydroxylation is 2. The minimum Gasteiger partial charge on any atom is -0.469 e. The summed E-state index contributed by atoms with van der Waals surface area (Å²) >= 11 is 0. The molecule has 2 aromatic rings. The lowest BCUT2D eigenvalue weighted by Gasteiger charge is -1.98. The van der Waals surface area contributed by atoms with E-state index in [0.29, 0.717) is 11.3 Å². The summed E-state index contributed by atoms with van der Waals surface area (Å²) in [6.45, 7) is 1.73. The first kappa shape index (κ1) is 11.2. The van der Waals surface area contributed by atoms with Gasteiger partial charge in [0.25, 0.3) is 5.91 Å². The zero-order valence-electron chi connectivity index (χ0n) is 9.68. The molecule has 1 amide bonds. The monoisotopic (exact) mass is 231 g/mol. The van der Waals surface area contributed by atoms with Crippen molar-refractivity contribution in [2.45, 2.75) is 6.92 Å². The number of hydrazone groups is 1. The Hall–Kier alpha value is -2.30. The van der Waals surface area contributed by atoms with Gasteiger partial charge in [0.15, 0.2) is 0 Å². The van der Waals surface area contributed by atoms with E-state index in [1.165, 1.54) is 6.26 Å². The van der Waals surface area contributed by atoms with Gasteiger partial charge in [0, 0.05) is 13.2 Å². The third-order valence-electron chi connectivity index (χ3n) is 2.45. The lowest BCUT2D eigenvalue weighted by Crippen LogP contribution is -2.18. The van der Waals surface area contributed by atoms with Crippen molar-refractivity contribution in [3.8, 4) is 0 Å². The molecular formula is C12H13N3O2. The van der Waals surface area contributed by atoms with E-state index in [1.54, 1.807) is 19.2 Å². The zero-order valence-corrected chi connectivity index (χ0v) is 9.68. The van der Waals surface area contributed by atoms with Gasteiger partial charge in [-0.05, 0) is 25.1 Å². The van der Waals surface area contributed by atoms with Gasteiger partial charge in [0.05, 0.1) is 23.7 Å². The molecule has 1 N–H and O–H groups in total. The van der Waals surface area contributed by atoms with Crippen LogP contribution in [0.25, 0.3) is 0 Å². The highest BCUT2D eigenvalue weighted by Crippen LogP contribution is 2.07. The van der Waals surface area contributed by atoms with Gasteiger partial charge >= 0.3 is 0 Å². The molecule has 0 aliphatic rings. The van der Waals surface area contributed by atoms with E-state index in [4.69, 9.17) is 4.42 Å². The number of hydrogen-bond acceptors (Lipinski definition) is 3. The quantitative estimate of drug-likeness (QED) is 0.645. The van der Waals surface area contributed by atoms with Crippen molar-refractivity contribution in [2.75, 3.05) is 0 Å². The Bertz CT molecular complexity index is 552. The van der Waals surface area contributed by atoms with Crippen molar-refractivity contribution >= 4 is 12.1 Å². The Morgan fingerprint density at radius 1 is 1.53 bits per heavy atom. The summed E-state index contributed by atoms with van der Waals surface area (Å²) in [6, 6.07) is 5.42. The molecule has 0 fully saturated rings. The van der Waals surface area contributed by atoms with Gasteiger partial charge < -0.3 is 8.98 Å². The second kappa shape index (κ2) is 4.69. The SMILES string of the molecule is Cc1occc1C(=O)N/N=C\c1cccn1C. The van der Waals surface area contributed by atoms with Crippen LogP contribution in [0.2, 0.25) is 0 Å². The molecule has 2 aromatic heterocycles. The number of rotatable bonds is 3. The van der Waals surface area contributed by atoms with Crippen molar-refractivity contribution in [1.82, 2.24) is 9.99 Å². The number of amides is 1. The number of aromatic nitrogens is 1. The Kier molecular flexibility index (Phi) is 3.09. The average Bonchev–Trinajstić information content (AvgIpc) is 2.88. The van der Waals surface area contributed by atoms with Gasteiger partial charge in [-0.15, -0.1) is 0 Å². The highest BCUT2D eigenvalue weighted by Gasteiger charge is 2.09. The van der Waals surface area contributed by atoms with Crippen molar-refractivity contribution in [3.63, 3.8) is 0 Å². The van der Waals surface area contributed by atoms with Crippen LogP contribution in [0, 0.1) is 6.92 Å². The number of furan rings is 1. The van der Waals surface area contributed by atoms with Gasteiger partial charge in [0.2, 0.25) is 0 Å². The molecule has 0 aliphatic carbocycles. The number of carbonyl (C=O) groups is 1. The van der Waals surface area contributed by atoms with Crippen LogP contribution in [-0.4, -0.2) is 16.7 Å². The van der Waals surface area contributed by atoms with Gasteiger partial charge in [-0.2, -0.15) is 5.10 Å². The molecule has 5 heteroatoms. The van der Waals surface area contributed by atoms with Crippen LogP contribution < -0.4 is 5.43 Å². The summed E-state index contributed by atoms with van der Waals surface area (Å²) in [6.07, 6.45) is 4.97. The standard InChI is InChI=1S/C12H13N3O2/c1-9-11(5-7-17-9)12(16)14-13-8-10-4-3-6-15(10)2/h3-8H,1-2H3,(H,14,16)/b13-8-. The van der Waals surface area contributed by atoms with E-state index in [2.05, 4.69) is 10.5 Å². The first-order valence-corrected chi connectivity index (χ1v) is 5.17. The second-order valence-electron chi connectivity index (χ2n) is 3.63. The van der Waals surface area contributed by atoms with Crippen molar-refractivity contribution in [3.05, 3.63) is 47.7 Å². The van der Waals surface area contributed by atoms with Crippen LogP contribution in [0.5, 0.6) is 0 Å². The van der Waals surface area contributed by atoms with E-state index in [-0.39, 0.29) is 5.91 Å². The molecule has 0 unspecified atom stereocenters. The molecule has 0 aliphatic heterocycles. The van der Waals surface area contributed by atoms with E-state index < -0.39 is 0 Å². The van der Waals surface area contributed by atoms with E-state index in [0.717, 1.165) is 5.69 Å². The maximum atomic E-state index is 11.6. The molecule has 88 valence electrons. The van der Waals surface area contributed by atoms with Crippen LogP contribution in [0.4, 0.5) is 0 Å². The first-order chi connectivity index (χ1) is 8.18. The molecule has 0 bridgehead atoms.